The molecule has 2 nitrogen and oxygen atoms in total. The second-order valence-electron chi connectivity index (χ2n) is 6.35. The van der Waals surface area contributed by atoms with Gasteiger partial charge in [0, 0.05) is 26.4 Å². The SMILES string of the molecule is O=C(c1sc2cc(F)ccc2c1Cl)N1CCc2sccc2[C@@H]1c1cccs1. The fourth-order valence-electron chi connectivity index (χ4n) is 3.60. The summed E-state index contributed by atoms with van der Waals surface area (Å²) >= 11 is 11.2. The zero-order chi connectivity index (χ0) is 18.5. The average molecular weight is 434 g/mol. The van der Waals surface area contributed by atoms with E-state index >= 15 is 0 Å². The number of fused-ring (bicyclic) bond motifs is 2. The maximum absolute atomic E-state index is 13.6. The Morgan fingerprint density at radius 2 is 2.07 bits per heavy atom. The van der Waals surface area contributed by atoms with E-state index in [1.165, 1.54) is 33.9 Å². The van der Waals surface area contributed by atoms with Crippen LogP contribution >= 0.6 is 45.6 Å². The van der Waals surface area contributed by atoms with E-state index in [0.29, 0.717) is 21.1 Å². The predicted molar refractivity (Wildman–Crippen MR) is 112 cm³/mol. The maximum Gasteiger partial charge on any atom is 0.266 e. The number of halogens is 2. The largest absolute Gasteiger partial charge is 0.326 e. The van der Waals surface area contributed by atoms with Crippen molar-refractivity contribution in [3.8, 4) is 0 Å². The molecule has 4 heterocycles. The highest BCUT2D eigenvalue weighted by atomic mass is 35.5. The van der Waals surface area contributed by atoms with E-state index in [9.17, 15) is 9.18 Å². The molecular formula is C20H13ClFNOS3. The number of nitrogens with zero attached hydrogens (tertiary/aromatic N) is 1. The number of amides is 1. The van der Waals surface area contributed by atoms with Crippen LogP contribution in [0.15, 0.2) is 47.2 Å². The summed E-state index contributed by atoms with van der Waals surface area (Å²) in [4.78, 5) is 18.4. The van der Waals surface area contributed by atoms with Gasteiger partial charge in [-0.3, -0.25) is 4.79 Å². The van der Waals surface area contributed by atoms with Crippen LogP contribution in [0.3, 0.4) is 0 Å². The lowest BCUT2D eigenvalue weighted by molar-refractivity contribution is 0.0704. The Balaban J connectivity index is 1.61. The average Bonchev–Trinajstić information content (AvgIpc) is 3.40. The van der Waals surface area contributed by atoms with Crippen LogP contribution in [0.2, 0.25) is 5.02 Å². The minimum Gasteiger partial charge on any atom is -0.326 e. The molecule has 0 aliphatic carbocycles. The van der Waals surface area contributed by atoms with Gasteiger partial charge in [-0.15, -0.1) is 34.0 Å². The van der Waals surface area contributed by atoms with Gasteiger partial charge in [-0.2, -0.15) is 0 Å². The molecule has 1 aliphatic heterocycles. The number of benzene rings is 1. The Labute approximate surface area is 172 Å². The molecule has 0 bridgehead atoms. The number of hydrogen-bond donors (Lipinski definition) is 0. The number of carbonyl (C=O) groups is 1. The van der Waals surface area contributed by atoms with E-state index in [2.05, 4.69) is 17.5 Å². The normalized spacial score (nSPS) is 16.7. The molecule has 1 amide bonds. The number of rotatable bonds is 2. The molecule has 0 N–H and O–H groups in total. The van der Waals surface area contributed by atoms with Gasteiger partial charge in [0.1, 0.15) is 10.7 Å². The standard InChI is InChI=1S/C20H13ClFNOS3/c21-17-12-4-3-11(22)10-16(12)27-19(17)20(24)23-7-5-14-13(6-9-26-14)18(23)15-2-1-8-25-15/h1-4,6,8-10,18H,5,7H2/t18-/m1/s1. The monoisotopic (exact) mass is 433 g/mol. The summed E-state index contributed by atoms with van der Waals surface area (Å²) in [5, 5.41) is 5.27. The van der Waals surface area contributed by atoms with Crippen LogP contribution in [0, 0.1) is 5.82 Å². The van der Waals surface area contributed by atoms with E-state index in [1.807, 2.05) is 16.3 Å². The first kappa shape index (κ1) is 17.4. The van der Waals surface area contributed by atoms with Crippen molar-refractivity contribution in [3.63, 3.8) is 0 Å². The van der Waals surface area contributed by atoms with Crippen molar-refractivity contribution in [3.05, 3.63) is 78.2 Å². The Hall–Kier alpha value is -1.73. The van der Waals surface area contributed by atoms with Crippen LogP contribution in [0.5, 0.6) is 0 Å². The van der Waals surface area contributed by atoms with Crippen molar-refractivity contribution in [1.29, 1.82) is 0 Å². The number of thiophene rings is 3. The molecule has 1 aliphatic rings. The lowest BCUT2D eigenvalue weighted by Crippen LogP contribution is -2.39. The van der Waals surface area contributed by atoms with Gasteiger partial charge in [-0.05, 0) is 53.1 Å². The summed E-state index contributed by atoms with van der Waals surface area (Å²) in [6.07, 6.45) is 0.845. The highest BCUT2D eigenvalue weighted by molar-refractivity contribution is 7.21. The summed E-state index contributed by atoms with van der Waals surface area (Å²) < 4.78 is 14.3. The molecule has 1 aromatic carbocycles. The quantitative estimate of drug-likeness (QED) is 0.348. The summed E-state index contributed by atoms with van der Waals surface area (Å²) in [7, 11) is 0. The van der Waals surface area contributed by atoms with E-state index < -0.39 is 0 Å². The molecule has 0 spiro atoms. The van der Waals surface area contributed by atoms with E-state index in [-0.39, 0.29) is 17.8 Å². The molecule has 5 rings (SSSR count). The minimum atomic E-state index is -0.322. The third kappa shape index (κ3) is 2.83. The summed E-state index contributed by atoms with van der Waals surface area (Å²) in [6, 6.07) is 10.6. The van der Waals surface area contributed by atoms with Gasteiger partial charge in [0.15, 0.2) is 0 Å². The predicted octanol–water partition coefficient (Wildman–Crippen LogP) is 6.60. The molecule has 27 heavy (non-hydrogen) atoms. The molecule has 0 unspecified atom stereocenters. The first-order valence-electron chi connectivity index (χ1n) is 8.41. The van der Waals surface area contributed by atoms with Gasteiger partial charge in [0.25, 0.3) is 5.91 Å². The Bertz CT molecular complexity index is 1150. The molecule has 136 valence electrons. The molecule has 7 heteroatoms. The van der Waals surface area contributed by atoms with Crippen molar-refractivity contribution in [2.24, 2.45) is 0 Å². The minimum absolute atomic E-state index is 0.0862. The third-order valence-corrected chi connectivity index (χ3v) is 8.39. The summed E-state index contributed by atoms with van der Waals surface area (Å²) in [6.45, 7) is 0.647. The van der Waals surface area contributed by atoms with Gasteiger partial charge in [-0.25, -0.2) is 4.39 Å². The van der Waals surface area contributed by atoms with Crippen molar-refractivity contribution < 1.29 is 9.18 Å². The van der Waals surface area contributed by atoms with Crippen molar-refractivity contribution >= 4 is 61.6 Å². The van der Waals surface area contributed by atoms with Crippen molar-refractivity contribution in [2.45, 2.75) is 12.5 Å². The van der Waals surface area contributed by atoms with E-state index in [1.54, 1.807) is 28.7 Å². The second-order valence-corrected chi connectivity index (χ2v) is 9.76. The zero-order valence-corrected chi connectivity index (χ0v) is 17.2. The first-order valence-corrected chi connectivity index (χ1v) is 11.4. The highest BCUT2D eigenvalue weighted by Gasteiger charge is 2.35. The molecule has 0 fully saturated rings. The van der Waals surface area contributed by atoms with E-state index in [4.69, 9.17) is 11.6 Å². The van der Waals surface area contributed by atoms with Crippen LogP contribution in [-0.4, -0.2) is 17.4 Å². The van der Waals surface area contributed by atoms with Crippen LogP contribution < -0.4 is 0 Å². The molecular weight excluding hydrogens is 421 g/mol. The number of carbonyl (C=O) groups excluding carboxylic acids is 1. The lowest BCUT2D eigenvalue weighted by Gasteiger charge is -2.35. The Morgan fingerprint density at radius 1 is 1.19 bits per heavy atom. The van der Waals surface area contributed by atoms with Crippen LogP contribution in [0.25, 0.3) is 10.1 Å². The van der Waals surface area contributed by atoms with Gasteiger partial charge in [0.05, 0.1) is 11.1 Å². The van der Waals surface area contributed by atoms with Gasteiger partial charge in [0.2, 0.25) is 0 Å². The molecule has 1 atom stereocenters. The topological polar surface area (TPSA) is 20.3 Å². The fraction of sp³-hybridized carbons (Fsp3) is 0.150. The van der Waals surface area contributed by atoms with Crippen LogP contribution in [0.1, 0.15) is 31.0 Å². The van der Waals surface area contributed by atoms with Gasteiger partial charge < -0.3 is 4.90 Å². The summed E-state index contributed by atoms with van der Waals surface area (Å²) in [5.74, 6) is -0.409. The highest BCUT2D eigenvalue weighted by Crippen LogP contribution is 2.43. The van der Waals surface area contributed by atoms with Gasteiger partial charge >= 0.3 is 0 Å². The molecule has 4 aromatic rings. The maximum atomic E-state index is 13.6. The third-order valence-electron chi connectivity index (χ3n) is 4.83. The molecule has 0 saturated carbocycles. The molecule has 0 saturated heterocycles. The summed E-state index contributed by atoms with van der Waals surface area (Å²) in [5.41, 5.74) is 1.20. The van der Waals surface area contributed by atoms with Crippen molar-refractivity contribution in [1.82, 2.24) is 4.90 Å². The zero-order valence-electron chi connectivity index (χ0n) is 13.9. The number of hydrogen-bond acceptors (Lipinski definition) is 4. The van der Waals surface area contributed by atoms with Crippen LogP contribution in [-0.2, 0) is 6.42 Å². The second kappa shape index (κ2) is 6.71. The first-order chi connectivity index (χ1) is 13.1. The molecule has 0 radical (unpaired) electrons. The van der Waals surface area contributed by atoms with E-state index in [0.717, 1.165) is 16.7 Å². The van der Waals surface area contributed by atoms with Gasteiger partial charge in [-0.1, -0.05) is 17.7 Å². The smallest absolute Gasteiger partial charge is 0.266 e. The lowest BCUT2D eigenvalue weighted by atomic mass is 9.98. The van der Waals surface area contributed by atoms with Crippen LogP contribution in [0.4, 0.5) is 4.39 Å². The van der Waals surface area contributed by atoms with Crippen molar-refractivity contribution in [2.75, 3.05) is 6.54 Å². The fourth-order valence-corrected chi connectivity index (χ4v) is 6.85. The Morgan fingerprint density at radius 3 is 2.89 bits per heavy atom. The Kier molecular flexibility index (Phi) is 4.31. The molecule has 3 aromatic heterocycles.